The molecule has 0 saturated heterocycles. The van der Waals surface area contributed by atoms with E-state index < -0.39 is 21.6 Å². The minimum Gasteiger partial charge on any atom is -0.497 e. The van der Waals surface area contributed by atoms with Gasteiger partial charge in [-0.25, -0.2) is 8.42 Å². The molecule has 210 valence electrons. The second-order valence-corrected chi connectivity index (χ2v) is 12.7. The Bertz CT molecular complexity index is 1230. The van der Waals surface area contributed by atoms with Crippen LogP contribution in [0.5, 0.6) is 5.75 Å². The number of nitrogens with zero attached hydrogens (tertiary/aromatic N) is 2. The Hall–Kier alpha value is -2.78. The standard InChI is InChI=1S/C28H40ClN3O5S/c1-8-24(27(34)30-28(3,4)5)31(19-21-12-9-13-22(18-21)37-6)26(33)16-11-17-32(38(7,35)36)25-15-10-14-23(29)20(25)2/h9-10,12-15,18,24H,8,11,16-17,19H2,1-7H3,(H,30,34)/t24-/m1/s1. The van der Waals surface area contributed by atoms with Crippen LogP contribution in [0.3, 0.4) is 0 Å². The van der Waals surface area contributed by atoms with Gasteiger partial charge < -0.3 is 15.0 Å². The molecule has 1 N–H and O–H groups in total. The zero-order valence-corrected chi connectivity index (χ0v) is 24.9. The lowest BCUT2D eigenvalue weighted by Gasteiger charge is -2.33. The van der Waals surface area contributed by atoms with Crippen LogP contribution in [0.2, 0.25) is 5.02 Å². The number of hydrogen-bond acceptors (Lipinski definition) is 5. The summed E-state index contributed by atoms with van der Waals surface area (Å²) in [6.45, 7) is 9.62. The van der Waals surface area contributed by atoms with Crippen LogP contribution >= 0.6 is 11.6 Å². The topological polar surface area (TPSA) is 96.0 Å². The number of ether oxygens (including phenoxy) is 1. The van der Waals surface area contributed by atoms with Crippen molar-refractivity contribution < 1.29 is 22.7 Å². The van der Waals surface area contributed by atoms with Crippen LogP contribution in [0.1, 0.15) is 58.1 Å². The highest BCUT2D eigenvalue weighted by atomic mass is 35.5. The highest BCUT2D eigenvalue weighted by molar-refractivity contribution is 7.92. The van der Waals surface area contributed by atoms with Crippen LogP contribution in [0.15, 0.2) is 42.5 Å². The predicted molar refractivity (Wildman–Crippen MR) is 153 cm³/mol. The molecule has 0 aliphatic rings. The smallest absolute Gasteiger partial charge is 0.243 e. The van der Waals surface area contributed by atoms with Crippen LogP contribution in [0, 0.1) is 6.92 Å². The Morgan fingerprint density at radius 2 is 1.79 bits per heavy atom. The molecule has 0 aliphatic heterocycles. The van der Waals surface area contributed by atoms with Gasteiger partial charge in [0, 0.05) is 30.1 Å². The van der Waals surface area contributed by atoms with Crippen molar-refractivity contribution in [1.82, 2.24) is 10.2 Å². The van der Waals surface area contributed by atoms with Crippen molar-refractivity contribution in [3.63, 3.8) is 0 Å². The van der Waals surface area contributed by atoms with Gasteiger partial charge in [-0.1, -0.05) is 36.7 Å². The largest absolute Gasteiger partial charge is 0.497 e. The first-order chi connectivity index (χ1) is 17.7. The first kappa shape index (κ1) is 31.4. The molecule has 0 saturated carbocycles. The minimum atomic E-state index is -3.61. The van der Waals surface area contributed by atoms with Gasteiger partial charge >= 0.3 is 0 Å². The number of sulfonamides is 1. The summed E-state index contributed by atoms with van der Waals surface area (Å²) in [5.74, 6) is 0.186. The molecule has 2 aromatic carbocycles. The van der Waals surface area contributed by atoms with Gasteiger partial charge in [0.05, 0.1) is 19.1 Å². The fraction of sp³-hybridized carbons (Fsp3) is 0.500. The summed E-state index contributed by atoms with van der Waals surface area (Å²) in [6, 6.07) is 11.8. The van der Waals surface area contributed by atoms with Gasteiger partial charge in [0.2, 0.25) is 21.8 Å². The molecule has 0 aliphatic carbocycles. The van der Waals surface area contributed by atoms with Gasteiger partial charge in [-0.2, -0.15) is 0 Å². The number of carbonyl (C=O) groups excluding carboxylic acids is 2. The molecule has 2 rings (SSSR count). The lowest BCUT2D eigenvalue weighted by atomic mass is 10.0. The van der Waals surface area contributed by atoms with Gasteiger partial charge in [-0.3, -0.25) is 13.9 Å². The summed E-state index contributed by atoms with van der Waals surface area (Å²) in [5, 5.41) is 3.45. The fourth-order valence-electron chi connectivity index (χ4n) is 4.19. The third-order valence-corrected chi connectivity index (χ3v) is 7.62. The van der Waals surface area contributed by atoms with Gasteiger partial charge in [0.25, 0.3) is 0 Å². The third kappa shape index (κ3) is 8.91. The second-order valence-electron chi connectivity index (χ2n) is 10.4. The molecule has 8 nitrogen and oxygen atoms in total. The molecular weight excluding hydrogens is 526 g/mol. The van der Waals surface area contributed by atoms with Crippen LogP contribution in [0.4, 0.5) is 5.69 Å². The Kier molecular flexibility index (Phi) is 11.0. The minimum absolute atomic E-state index is 0.0644. The molecule has 1 atom stereocenters. The van der Waals surface area contributed by atoms with Gasteiger partial charge in [0.15, 0.2) is 0 Å². The van der Waals surface area contributed by atoms with Crippen molar-refractivity contribution in [2.24, 2.45) is 0 Å². The Morgan fingerprint density at radius 3 is 2.37 bits per heavy atom. The quantitative estimate of drug-likeness (QED) is 0.394. The molecule has 0 aromatic heterocycles. The summed E-state index contributed by atoms with van der Waals surface area (Å²) >= 11 is 6.23. The SMILES string of the molecule is CC[C@H](C(=O)NC(C)(C)C)N(Cc1cccc(OC)c1)C(=O)CCCN(c1cccc(Cl)c1C)S(C)(=O)=O. The number of carbonyl (C=O) groups is 2. The predicted octanol–water partition coefficient (Wildman–Crippen LogP) is 4.93. The molecule has 0 fully saturated rings. The van der Waals surface area contributed by atoms with E-state index in [1.54, 1.807) is 37.1 Å². The summed E-state index contributed by atoms with van der Waals surface area (Å²) in [7, 11) is -2.04. The van der Waals surface area contributed by atoms with E-state index in [-0.39, 0.29) is 37.7 Å². The molecule has 0 bridgehead atoms. The Balaban J connectivity index is 2.29. The number of rotatable bonds is 12. The molecule has 10 heteroatoms. The highest BCUT2D eigenvalue weighted by Gasteiger charge is 2.31. The lowest BCUT2D eigenvalue weighted by Crippen LogP contribution is -2.53. The summed E-state index contributed by atoms with van der Waals surface area (Å²) in [6.07, 6.45) is 1.89. The molecule has 2 amide bonds. The van der Waals surface area contributed by atoms with Gasteiger partial charge in [-0.15, -0.1) is 0 Å². The maximum absolute atomic E-state index is 13.6. The van der Waals surface area contributed by atoms with E-state index in [1.807, 2.05) is 52.0 Å². The van der Waals surface area contributed by atoms with Crippen LogP contribution in [-0.4, -0.2) is 56.6 Å². The molecule has 0 heterocycles. The van der Waals surface area contributed by atoms with Crippen LogP contribution in [0.25, 0.3) is 0 Å². The van der Waals surface area contributed by atoms with E-state index in [0.29, 0.717) is 28.4 Å². The van der Waals surface area contributed by atoms with E-state index in [4.69, 9.17) is 16.3 Å². The molecule has 0 spiro atoms. The Morgan fingerprint density at radius 1 is 1.13 bits per heavy atom. The van der Waals surface area contributed by atoms with E-state index in [9.17, 15) is 18.0 Å². The second kappa shape index (κ2) is 13.3. The summed E-state index contributed by atoms with van der Waals surface area (Å²) in [5.41, 5.74) is 1.50. The van der Waals surface area contributed by atoms with Crippen molar-refractivity contribution in [3.05, 3.63) is 58.6 Å². The maximum Gasteiger partial charge on any atom is 0.243 e. The monoisotopic (exact) mass is 565 g/mol. The summed E-state index contributed by atoms with van der Waals surface area (Å²) in [4.78, 5) is 28.3. The summed E-state index contributed by atoms with van der Waals surface area (Å²) < 4.78 is 31.8. The first-order valence-electron chi connectivity index (χ1n) is 12.6. The Labute approximate surface area is 232 Å². The average Bonchev–Trinajstić information content (AvgIpc) is 2.82. The fourth-order valence-corrected chi connectivity index (χ4v) is 5.37. The maximum atomic E-state index is 13.6. The highest BCUT2D eigenvalue weighted by Crippen LogP contribution is 2.28. The van der Waals surface area contributed by atoms with E-state index in [1.165, 1.54) is 4.31 Å². The van der Waals surface area contributed by atoms with E-state index in [2.05, 4.69) is 5.32 Å². The number of amides is 2. The lowest BCUT2D eigenvalue weighted by molar-refractivity contribution is -0.142. The number of anilines is 1. The molecule has 0 unspecified atom stereocenters. The average molecular weight is 566 g/mol. The van der Waals surface area contributed by atoms with E-state index in [0.717, 1.165) is 11.8 Å². The van der Waals surface area contributed by atoms with Gasteiger partial charge in [0.1, 0.15) is 11.8 Å². The van der Waals surface area contributed by atoms with Gasteiger partial charge in [-0.05, 0) is 75.9 Å². The number of halogens is 1. The van der Waals surface area contributed by atoms with Crippen molar-refractivity contribution >= 4 is 39.1 Å². The van der Waals surface area contributed by atoms with E-state index >= 15 is 0 Å². The number of benzene rings is 2. The normalized spacial score (nSPS) is 12.5. The van der Waals surface area contributed by atoms with Crippen molar-refractivity contribution in [2.45, 2.75) is 72.0 Å². The number of methoxy groups -OCH3 is 1. The molecular formula is C28H40ClN3O5S. The van der Waals surface area contributed by atoms with Crippen molar-refractivity contribution in [3.8, 4) is 5.75 Å². The van der Waals surface area contributed by atoms with Crippen LogP contribution < -0.4 is 14.4 Å². The molecule has 0 radical (unpaired) electrons. The number of nitrogens with one attached hydrogen (secondary N) is 1. The number of hydrogen-bond donors (Lipinski definition) is 1. The van der Waals surface area contributed by atoms with Crippen molar-refractivity contribution in [1.29, 1.82) is 0 Å². The zero-order valence-electron chi connectivity index (χ0n) is 23.4. The zero-order chi connectivity index (χ0) is 28.7. The van der Waals surface area contributed by atoms with Crippen molar-refractivity contribution in [2.75, 3.05) is 24.2 Å². The van der Waals surface area contributed by atoms with Crippen LogP contribution in [-0.2, 0) is 26.2 Å². The first-order valence-corrected chi connectivity index (χ1v) is 14.9. The third-order valence-electron chi connectivity index (χ3n) is 6.03. The molecule has 38 heavy (non-hydrogen) atoms. The molecule has 2 aromatic rings.